The molecule has 114 valence electrons. The zero-order valence-corrected chi connectivity index (χ0v) is 13.2. The molecule has 0 radical (unpaired) electrons. The minimum atomic E-state index is 0. The summed E-state index contributed by atoms with van der Waals surface area (Å²) in [4.78, 5) is 0. The SMILES string of the molecule is Cl.NC[C@]1(c2cccc(Cl)c2)CC[C@H](NCCO)CC1. The van der Waals surface area contributed by atoms with Gasteiger partial charge in [-0.15, -0.1) is 12.4 Å². The number of rotatable bonds is 5. The monoisotopic (exact) mass is 318 g/mol. The zero-order valence-electron chi connectivity index (χ0n) is 11.6. The van der Waals surface area contributed by atoms with Crippen molar-refractivity contribution in [1.82, 2.24) is 5.32 Å². The number of hydrogen-bond donors (Lipinski definition) is 3. The van der Waals surface area contributed by atoms with E-state index in [4.69, 9.17) is 22.4 Å². The van der Waals surface area contributed by atoms with E-state index in [-0.39, 0.29) is 24.4 Å². The number of nitrogens with two attached hydrogens (primary N) is 1. The highest BCUT2D eigenvalue weighted by molar-refractivity contribution is 6.30. The summed E-state index contributed by atoms with van der Waals surface area (Å²) in [6.07, 6.45) is 4.35. The Labute approximate surface area is 132 Å². The molecule has 0 atom stereocenters. The fourth-order valence-electron chi connectivity index (χ4n) is 3.07. The van der Waals surface area contributed by atoms with Crippen LogP contribution in [0.15, 0.2) is 24.3 Å². The van der Waals surface area contributed by atoms with Crippen LogP contribution < -0.4 is 11.1 Å². The highest BCUT2D eigenvalue weighted by Gasteiger charge is 2.35. The van der Waals surface area contributed by atoms with E-state index in [1.165, 1.54) is 5.56 Å². The van der Waals surface area contributed by atoms with Crippen molar-refractivity contribution in [2.45, 2.75) is 37.1 Å². The van der Waals surface area contributed by atoms with Crippen molar-refractivity contribution in [3.05, 3.63) is 34.9 Å². The molecule has 0 spiro atoms. The van der Waals surface area contributed by atoms with Gasteiger partial charge in [0.25, 0.3) is 0 Å². The van der Waals surface area contributed by atoms with E-state index in [9.17, 15) is 0 Å². The summed E-state index contributed by atoms with van der Waals surface area (Å²) in [5.41, 5.74) is 7.40. The molecule has 1 aliphatic carbocycles. The predicted octanol–water partition coefficient (Wildman–Crippen LogP) is 2.48. The summed E-state index contributed by atoms with van der Waals surface area (Å²) in [6, 6.07) is 8.61. The van der Waals surface area contributed by atoms with Crippen molar-refractivity contribution < 1.29 is 5.11 Å². The maximum Gasteiger partial charge on any atom is 0.0556 e. The second kappa shape index (κ2) is 8.20. The number of nitrogens with one attached hydrogen (secondary N) is 1. The van der Waals surface area contributed by atoms with E-state index in [0.717, 1.165) is 30.7 Å². The van der Waals surface area contributed by atoms with Crippen LogP contribution >= 0.6 is 24.0 Å². The summed E-state index contributed by atoms with van der Waals surface area (Å²) in [5.74, 6) is 0. The van der Waals surface area contributed by atoms with Gasteiger partial charge in [0.15, 0.2) is 0 Å². The second-order valence-corrected chi connectivity index (χ2v) is 5.88. The van der Waals surface area contributed by atoms with Gasteiger partial charge in [-0.3, -0.25) is 0 Å². The first-order valence-electron chi connectivity index (χ1n) is 7.00. The van der Waals surface area contributed by atoms with E-state index >= 15 is 0 Å². The lowest BCUT2D eigenvalue weighted by atomic mass is 9.68. The highest BCUT2D eigenvalue weighted by Crippen LogP contribution is 2.39. The van der Waals surface area contributed by atoms with Crippen LogP contribution in [0.3, 0.4) is 0 Å². The third-order valence-electron chi connectivity index (χ3n) is 4.32. The van der Waals surface area contributed by atoms with Gasteiger partial charge in [0.05, 0.1) is 6.61 Å². The Balaban J connectivity index is 0.00000200. The Morgan fingerprint density at radius 3 is 2.60 bits per heavy atom. The van der Waals surface area contributed by atoms with E-state index in [2.05, 4.69) is 17.4 Å². The molecule has 1 fully saturated rings. The Kier molecular flexibility index (Phi) is 7.27. The van der Waals surface area contributed by atoms with Crippen LogP contribution in [0.2, 0.25) is 5.02 Å². The van der Waals surface area contributed by atoms with Gasteiger partial charge >= 0.3 is 0 Å². The average molecular weight is 319 g/mol. The fraction of sp³-hybridized carbons (Fsp3) is 0.600. The molecule has 0 amide bonds. The van der Waals surface area contributed by atoms with Gasteiger partial charge in [0.1, 0.15) is 0 Å². The molecule has 4 N–H and O–H groups in total. The van der Waals surface area contributed by atoms with Crippen LogP contribution in [0.1, 0.15) is 31.2 Å². The van der Waals surface area contributed by atoms with Gasteiger partial charge in [-0.2, -0.15) is 0 Å². The Bertz CT molecular complexity index is 407. The van der Waals surface area contributed by atoms with Gasteiger partial charge in [0.2, 0.25) is 0 Å². The maximum absolute atomic E-state index is 8.86. The minimum absolute atomic E-state index is 0. The molecule has 0 unspecified atom stereocenters. The summed E-state index contributed by atoms with van der Waals surface area (Å²) < 4.78 is 0. The zero-order chi connectivity index (χ0) is 13.7. The first kappa shape index (κ1) is 17.7. The lowest BCUT2D eigenvalue weighted by molar-refractivity contribution is 0.232. The van der Waals surface area contributed by atoms with Gasteiger partial charge in [-0.25, -0.2) is 0 Å². The first-order valence-corrected chi connectivity index (χ1v) is 7.38. The van der Waals surface area contributed by atoms with E-state index in [1.54, 1.807) is 0 Å². The van der Waals surface area contributed by atoms with Crippen LogP contribution in [-0.4, -0.2) is 30.8 Å². The average Bonchev–Trinajstić information content (AvgIpc) is 2.46. The second-order valence-electron chi connectivity index (χ2n) is 5.45. The highest BCUT2D eigenvalue weighted by atomic mass is 35.5. The van der Waals surface area contributed by atoms with Crippen LogP contribution in [0.5, 0.6) is 0 Å². The molecule has 0 aliphatic heterocycles. The lowest BCUT2D eigenvalue weighted by Gasteiger charge is -2.40. The fourth-order valence-corrected chi connectivity index (χ4v) is 3.26. The molecule has 1 aliphatic rings. The van der Waals surface area contributed by atoms with Crippen molar-refractivity contribution in [2.75, 3.05) is 19.7 Å². The smallest absolute Gasteiger partial charge is 0.0556 e. The number of halogens is 2. The van der Waals surface area contributed by atoms with E-state index < -0.39 is 0 Å². The molecule has 3 nitrogen and oxygen atoms in total. The van der Waals surface area contributed by atoms with Crippen molar-refractivity contribution >= 4 is 24.0 Å². The van der Waals surface area contributed by atoms with Gasteiger partial charge in [-0.05, 0) is 43.4 Å². The maximum atomic E-state index is 8.86. The van der Waals surface area contributed by atoms with Crippen LogP contribution in [0, 0.1) is 0 Å². The van der Waals surface area contributed by atoms with Crippen LogP contribution in [-0.2, 0) is 5.41 Å². The molecule has 20 heavy (non-hydrogen) atoms. The minimum Gasteiger partial charge on any atom is -0.395 e. The molecule has 0 heterocycles. The van der Waals surface area contributed by atoms with Gasteiger partial charge in [-0.1, -0.05) is 23.7 Å². The summed E-state index contributed by atoms with van der Waals surface area (Å²) >= 11 is 6.10. The summed E-state index contributed by atoms with van der Waals surface area (Å²) in [6.45, 7) is 1.55. The Hall–Kier alpha value is -0.320. The normalized spacial score (nSPS) is 26.1. The molecular formula is C15H24Cl2N2O. The first-order chi connectivity index (χ1) is 9.20. The summed E-state index contributed by atoms with van der Waals surface area (Å²) in [5, 5.41) is 13.0. The molecule has 0 aromatic heterocycles. The topological polar surface area (TPSA) is 58.3 Å². The van der Waals surface area contributed by atoms with Crippen LogP contribution in [0.25, 0.3) is 0 Å². The largest absolute Gasteiger partial charge is 0.395 e. The molecule has 1 aromatic rings. The number of benzene rings is 1. The van der Waals surface area contributed by atoms with E-state index in [1.807, 2.05) is 12.1 Å². The number of aliphatic hydroxyl groups excluding tert-OH is 1. The van der Waals surface area contributed by atoms with Crippen molar-refractivity contribution in [3.8, 4) is 0 Å². The third-order valence-corrected chi connectivity index (χ3v) is 4.55. The quantitative estimate of drug-likeness (QED) is 0.781. The number of hydrogen-bond acceptors (Lipinski definition) is 3. The molecule has 0 bridgehead atoms. The van der Waals surface area contributed by atoms with Crippen molar-refractivity contribution in [1.29, 1.82) is 0 Å². The number of aliphatic hydroxyl groups is 1. The van der Waals surface area contributed by atoms with E-state index in [0.29, 0.717) is 19.1 Å². The van der Waals surface area contributed by atoms with Gasteiger partial charge in [0, 0.05) is 29.6 Å². The predicted molar refractivity (Wildman–Crippen MR) is 86.8 cm³/mol. The van der Waals surface area contributed by atoms with Crippen molar-refractivity contribution in [3.63, 3.8) is 0 Å². The molecule has 5 heteroatoms. The summed E-state index contributed by atoms with van der Waals surface area (Å²) in [7, 11) is 0. The molecule has 0 saturated heterocycles. The van der Waals surface area contributed by atoms with Crippen LogP contribution in [0.4, 0.5) is 0 Å². The third kappa shape index (κ3) is 4.09. The van der Waals surface area contributed by atoms with Gasteiger partial charge < -0.3 is 16.2 Å². The molecule has 2 rings (SSSR count). The molecular weight excluding hydrogens is 295 g/mol. The Morgan fingerprint density at radius 1 is 1.35 bits per heavy atom. The molecule has 1 saturated carbocycles. The lowest BCUT2D eigenvalue weighted by Crippen LogP contribution is -2.44. The standard InChI is InChI=1S/C15H23ClN2O.ClH/c16-13-3-1-2-12(10-13)15(11-17)6-4-14(5-7-15)18-8-9-19;/h1-3,10,14,18-19H,4-9,11,17H2;1H/t14-,15-;. The molecule has 1 aromatic carbocycles. The van der Waals surface area contributed by atoms with Crippen molar-refractivity contribution in [2.24, 2.45) is 5.73 Å². The Morgan fingerprint density at radius 2 is 2.05 bits per heavy atom.